The number of anilines is 1. The Labute approximate surface area is 161 Å². The fraction of sp³-hybridized carbons (Fsp3) is 0.400. The van der Waals surface area contributed by atoms with Gasteiger partial charge in [-0.3, -0.25) is 4.40 Å². The molecule has 3 aromatic rings. The van der Waals surface area contributed by atoms with E-state index < -0.39 is 0 Å². The van der Waals surface area contributed by atoms with Gasteiger partial charge in [0.1, 0.15) is 29.4 Å². The Morgan fingerprint density at radius 1 is 1.37 bits per heavy atom. The van der Waals surface area contributed by atoms with Crippen LogP contribution in [0.3, 0.4) is 0 Å². The lowest BCUT2D eigenvalue weighted by Gasteiger charge is -2.24. The van der Waals surface area contributed by atoms with Gasteiger partial charge in [0.05, 0.1) is 12.7 Å². The van der Waals surface area contributed by atoms with Gasteiger partial charge in [0, 0.05) is 23.5 Å². The van der Waals surface area contributed by atoms with Crippen molar-refractivity contribution < 1.29 is 13.9 Å². The van der Waals surface area contributed by atoms with Gasteiger partial charge < -0.3 is 14.8 Å². The van der Waals surface area contributed by atoms with Crippen LogP contribution in [-0.4, -0.2) is 28.8 Å². The monoisotopic (exact) mass is 387 g/mol. The molecule has 1 aromatic carbocycles. The molecular formula is C20H22FN3O2S. The van der Waals surface area contributed by atoms with Gasteiger partial charge in [0.15, 0.2) is 4.96 Å². The van der Waals surface area contributed by atoms with Crippen LogP contribution in [0, 0.1) is 5.82 Å². The molecule has 142 valence electrons. The molecule has 0 unspecified atom stereocenters. The number of aromatic nitrogens is 2. The predicted molar refractivity (Wildman–Crippen MR) is 105 cm³/mol. The van der Waals surface area contributed by atoms with E-state index in [0.717, 1.165) is 35.6 Å². The van der Waals surface area contributed by atoms with Crippen LogP contribution in [0.4, 0.5) is 10.2 Å². The number of hydrogen-bond acceptors (Lipinski definition) is 5. The number of benzene rings is 1. The molecule has 0 aliphatic heterocycles. The van der Waals surface area contributed by atoms with Gasteiger partial charge in [-0.15, -0.1) is 11.3 Å². The zero-order chi connectivity index (χ0) is 18.8. The number of rotatable bonds is 6. The molecule has 0 radical (unpaired) electrons. The number of methoxy groups -OCH3 is 1. The van der Waals surface area contributed by atoms with E-state index in [1.54, 1.807) is 12.1 Å². The average molecular weight is 387 g/mol. The molecule has 27 heavy (non-hydrogen) atoms. The Hall–Kier alpha value is -2.41. The van der Waals surface area contributed by atoms with Gasteiger partial charge in [-0.25, -0.2) is 9.37 Å². The van der Waals surface area contributed by atoms with Crippen LogP contribution in [0.25, 0.3) is 16.2 Å². The van der Waals surface area contributed by atoms with Crippen LogP contribution in [0.1, 0.15) is 37.8 Å². The summed E-state index contributed by atoms with van der Waals surface area (Å²) >= 11 is 1.45. The summed E-state index contributed by atoms with van der Waals surface area (Å²) < 4.78 is 22.1. The first kappa shape index (κ1) is 18.0. The second kappa shape index (κ2) is 7.68. The predicted octanol–water partition coefficient (Wildman–Crippen LogP) is 4.70. The van der Waals surface area contributed by atoms with Gasteiger partial charge >= 0.3 is 0 Å². The largest absolute Gasteiger partial charge is 0.496 e. The van der Waals surface area contributed by atoms with Gasteiger partial charge in [-0.1, -0.05) is 25.3 Å². The van der Waals surface area contributed by atoms with Crippen molar-refractivity contribution >= 4 is 28.4 Å². The van der Waals surface area contributed by atoms with Crippen LogP contribution in [-0.2, 0) is 11.2 Å². The molecule has 0 spiro atoms. The number of fused-ring (bicyclic) bond motifs is 1. The summed E-state index contributed by atoms with van der Waals surface area (Å²) in [6.07, 6.45) is 6.95. The summed E-state index contributed by atoms with van der Waals surface area (Å²) in [5.41, 5.74) is 1.75. The van der Waals surface area contributed by atoms with Crippen molar-refractivity contribution in [2.24, 2.45) is 0 Å². The minimum Gasteiger partial charge on any atom is -0.496 e. The van der Waals surface area contributed by atoms with Gasteiger partial charge in [-0.2, -0.15) is 0 Å². The minimum atomic E-state index is -0.372. The van der Waals surface area contributed by atoms with Crippen molar-refractivity contribution in [3.8, 4) is 17.0 Å². The van der Waals surface area contributed by atoms with Gasteiger partial charge in [0.2, 0.25) is 0 Å². The molecule has 0 atom stereocenters. The molecule has 1 saturated carbocycles. The maximum Gasteiger partial charge on any atom is 0.196 e. The SMILES string of the molecule is COc1cccc(F)c1-c1nc2scc(CC=O)n2c1NC1CCCCC1. The fourth-order valence-electron chi connectivity index (χ4n) is 3.80. The highest BCUT2D eigenvalue weighted by Gasteiger charge is 2.25. The average Bonchev–Trinajstić information content (AvgIpc) is 3.23. The molecule has 0 bridgehead atoms. The Morgan fingerprint density at radius 3 is 2.93 bits per heavy atom. The van der Waals surface area contributed by atoms with Crippen LogP contribution < -0.4 is 10.1 Å². The van der Waals surface area contributed by atoms with Gasteiger partial charge in [0.25, 0.3) is 0 Å². The Balaban J connectivity index is 1.89. The number of imidazole rings is 1. The van der Waals surface area contributed by atoms with E-state index in [9.17, 15) is 9.18 Å². The first-order valence-electron chi connectivity index (χ1n) is 9.24. The standard InChI is InChI=1S/C20H22FN3O2S/c1-26-16-9-5-8-15(21)17(16)18-19(22-13-6-3-2-4-7-13)24-14(10-11-25)12-27-20(24)23-18/h5,8-9,11-13,22H,2-4,6-7,10H2,1H3. The lowest BCUT2D eigenvalue weighted by Crippen LogP contribution is -2.23. The zero-order valence-electron chi connectivity index (χ0n) is 15.2. The summed E-state index contributed by atoms with van der Waals surface area (Å²) in [5.74, 6) is 0.825. The van der Waals surface area contributed by atoms with Crippen LogP contribution in [0.15, 0.2) is 23.6 Å². The zero-order valence-corrected chi connectivity index (χ0v) is 16.0. The van der Waals surface area contributed by atoms with Crippen molar-refractivity contribution in [3.63, 3.8) is 0 Å². The van der Waals surface area contributed by atoms with Crippen molar-refractivity contribution in [2.75, 3.05) is 12.4 Å². The summed E-state index contributed by atoms with van der Waals surface area (Å²) in [6, 6.07) is 5.10. The van der Waals surface area contributed by atoms with Gasteiger partial charge in [-0.05, 0) is 25.0 Å². The number of nitrogens with one attached hydrogen (secondary N) is 1. The molecule has 5 nitrogen and oxygen atoms in total. The summed E-state index contributed by atoms with van der Waals surface area (Å²) in [7, 11) is 1.53. The highest BCUT2D eigenvalue weighted by molar-refractivity contribution is 7.15. The van der Waals surface area contributed by atoms with E-state index in [4.69, 9.17) is 9.72 Å². The Kier molecular flexibility index (Phi) is 5.11. The number of ether oxygens (including phenoxy) is 1. The third-order valence-corrected chi connectivity index (χ3v) is 5.98. The molecular weight excluding hydrogens is 365 g/mol. The minimum absolute atomic E-state index is 0.295. The molecule has 7 heteroatoms. The molecule has 1 aliphatic rings. The molecule has 1 N–H and O–H groups in total. The second-order valence-corrected chi connectivity index (χ2v) is 7.66. The highest BCUT2D eigenvalue weighted by Crippen LogP contribution is 2.39. The van der Waals surface area contributed by atoms with E-state index in [0.29, 0.717) is 29.5 Å². The van der Waals surface area contributed by atoms with Crippen molar-refractivity contribution in [2.45, 2.75) is 44.6 Å². The molecule has 1 fully saturated rings. The van der Waals surface area contributed by atoms with Crippen molar-refractivity contribution in [1.29, 1.82) is 0 Å². The fourth-order valence-corrected chi connectivity index (χ4v) is 4.70. The molecule has 1 aliphatic carbocycles. The smallest absolute Gasteiger partial charge is 0.196 e. The molecule has 2 aromatic heterocycles. The quantitative estimate of drug-likeness (QED) is 0.623. The number of thiazole rings is 1. The van der Waals surface area contributed by atoms with E-state index >= 15 is 0 Å². The lowest BCUT2D eigenvalue weighted by molar-refractivity contribution is -0.107. The molecule has 0 amide bonds. The topological polar surface area (TPSA) is 55.6 Å². The maximum absolute atomic E-state index is 14.8. The van der Waals surface area contributed by atoms with Crippen molar-refractivity contribution in [3.05, 3.63) is 35.1 Å². The van der Waals surface area contributed by atoms with Crippen LogP contribution in [0.5, 0.6) is 5.75 Å². The second-order valence-electron chi connectivity index (χ2n) is 6.82. The number of aldehydes is 1. The van der Waals surface area contributed by atoms with E-state index in [2.05, 4.69) is 5.32 Å². The van der Waals surface area contributed by atoms with E-state index in [1.807, 2.05) is 9.78 Å². The lowest BCUT2D eigenvalue weighted by atomic mass is 9.95. The van der Waals surface area contributed by atoms with Crippen molar-refractivity contribution in [1.82, 2.24) is 9.38 Å². The maximum atomic E-state index is 14.8. The van der Waals surface area contributed by atoms with Crippen LogP contribution in [0.2, 0.25) is 0 Å². The number of carbonyl (C=O) groups excluding carboxylic acids is 1. The number of halogens is 1. The number of carbonyl (C=O) groups is 1. The summed E-state index contributed by atoms with van der Waals surface area (Å²) in [4.78, 5) is 16.6. The van der Waals surface area contributed by atoms with E-state index in [-0.39, 0.29) is 5.82 Å². The van der Waals surface area contributed by atoms with Crippen LogP contribution >= 0.6 is 11.3 Å². The first-order chi connectivity index (χ1) is 13.2. The molecule has 2 heterocycles. The Bertz CT molecular complexity index is 960. The van der Waals surface area contributed by atoms with E-state index in [1.165, 1.54) is 43.8 Å². The molecule has 0 saturated heterocycles. The summed E-state index contributed by atoms with van der Waals surface area (Å²) in [6.45, 7) is 0. The third-order valence-electron chi connectivity index (χ3n) is 5.10. The molecule has 4 rings (SSSR count). The first-order valence-corrected chi connectivity index (χ1v) is 10.1. The summed E-state index contributed by atoms with van der Waals surface area (Å²) in [5, 5.41) is 5.54. The third kappa shape index (κ3) is 3.32. The number of nitrogens with zero attached hydrogens (tertiary/aromatic N) is 2. The number of hydrogen-bond donors (Lipinski definition) is 1. The highest BCUT2D eigenvalue weighted by atomic mass is 32.1. The Morgan fingerprint density at radius 2 is 2.19 bits per heavy atom. The normalized spacial score (nSPS) is 15.2.